The highest BCUT2D eigenvalue weighted by Gasteiger charge is 2.31. The molecule has 1 heterocycles. The van der Waals surface area contributed by atoms with E-state index in [4.69, 9.17) is 0 Å². The number of benzene rings is 2. The van der Waals surface area contributed by atoms with Crippen molar-refractivity contribution in [1.82, 2.24) is 9.62 Å². The first-order valence-electron chi connectivity index (χ1n) is 11.5. The topological polar surface area (TPSA) is 66.5 Å². The van der Waals surface area contributed by atoms with Gasteiger partial charge in [-0.2, -0.15) is 0 Å². The number of aryl methyl sites for hydroxylation is 2. The molecule has 5 nitrogen and oxygen atoms in total. The number of carbonyl (C=O) groups excluding carboxylic acids is 1. The van der Waals surface area contributed by atoms with Crippen LogP contribution in [0.1, 0.15) is 60.9 Å². The molecule has 1 saturated heterocycles. The van der Waals surface area contributed by atoms with Crippen LogP contribution in [0.25, 0.3) is 0 Å². The van der Waals surface area contributed by atoms with Crippen LogP contribution in [0.15, 0.2) is 46.9 Å². The van der Waals surface area contributed by atoms with Crippen LogP contribution in [0.4, 0.5) is 0 Å². The van der Waals surface area contributed by atoms with Gasteiger partial charge < -0.3 is 5.32 Å². The lowest BCUT2D eigenvalue weighted by atomic mass is 9.89. The monoisotopic (exact) mass is 518 g/mol. The van der Waals surface area contributed by atoms with Gasteiger partial charge in [0.2, 0.25) is 15.9 Å². The van der Waals surface area contributed by atoms with E-state index >= 15 is 0 Å². The molecule has 0 bridgehead atoms. The number of fused-ring (bicyclic) bond motifs is 1. The summed E-state index contributed by atoms with van der Waals surface area (Å²) in [5, 5.41) is 3.16. The number of carbonyl (C=O) groups is 1. The zero-order valence-corrected chi connectivity index (χ0v) is 20.9. The average molecular weight is 520 g/mol. The second kappa shape index (κ2) is 10.1. The third-order valence-electron chi connectivity index (χ3n) is 6.69. The minimum Gasteiger partial charge on any atom is -0.349 e. The van der Waals surface area contributed by atoms with Gasteiger partial charge in [-0.3, -0.25) is 4.79 Å². The van der Waals surface area contributed by atoms with Crippen LogP contribution in [0, 0.1) is 5.92 Å². The van der Waals surface area contributed by atoms with Crippen molar-refractivity contribution in [3.63, 3.8) is 0 Å². The number of halogens is 1. The van der Waals surface area contributed by atoms with Gasteiger partial charge in [-0.25, -0.2) is 12.7 Å². The van der Waals surface area contributed by atoms with Crippen molar-refractivity contribution in [2.75, 3.05) is 13.1 Å². The highest BCUT2D eigenvalue weighted by atomic mass is 79.9. The first kappa shape index (κ1) is 23.5. The summed E-state index contributed by atoms with van der Waals surface area (Å²) >= 11 is 3.39. The Hall–Kier alpha value is -1.70. The summed E-state index contributed by atoms with van der Waals surface area (Å²) in [5.41, 5.74) is 4.76. The Morgan fingerprint density at radius 1 is 1.09 bits per heavy atom. The molecule has 0 spiro atoms. The van der Waals surface area contributed by atoms with Crippen LogP contribution in [-0.4, -0.2) is 31.7 Å². The van der Waals surface area contributed by atoms with E-state index in [0.29, 0.717) is 25.9 Å². The van der Waals surface area contributed by atoms with E-state index in [1.807, 2.05) is 31.2 Å². The van der Waals surface area contributed by atoms with Crippen molar-refractivity contribution in [2.24, 2.45) is 5.92 Å². The molecule has 0 radical (unpaired) electrons. The van der Waals surface area contributed by atoms with Crippen LogP contribution >= 0.6 is 15.9 Å². The Labute approximate surface area is 199 Å². The van der Waals surface area contributed by atoms with Crippen molar-refractivity contribution in [1.29, 1.82) is 0 Å². The van der Waals surface area contributed by atoms with Crippen LogP contribution in [-0.2, 0) is 33.4 Å². The molecule has 1 N–H and O–H groups in total. The lowest BCUT2D eigenvalue weighted by molar-refractivity contribution is -0.126. The number of piperidine rings is 1. The number of sulfonamides is 1. The van der Waals surface area contributed by atoms with Gasteiger partial charge in [-0.1, -0.05) is 46.3 Å². The van der Waals surface area contributed by atoms with Gasteiger partial charge in [0, 0.05) is 23.5 Å². The molecule has 2 aromatic carbocycles. The van der Waals surface area contributed by atoms with Gasteiger partial charge in [0.25, 0.3) is 0 Å². The number of hydrogen-bond donors (Lipinski definition) is 1. The molecule has 1 aliphatic carbocycles. The minimum absolute atomic E-state index is 0.0152. The molecular weight excluding hydrogens is 488 g/mol. The molecule has 0 saturated carbocycles. The number of hydrogen-bond acceptors (Lipinski definition) is 3. The van der Waals surface area contributed by atoms with E-state index < -0.39 is 10.0 Å². The Morgan fingerprint density at radius 2 is 1.81 bits per heavy atom. The molecule has 0 unspecified atom stereocenters. The lowest BCUT2D eigenvalue weighted by Gasteiger charge is -2.31. The summed E-state index contributed by atoms with van der Waals surface area (Å²) in [6, 6.07) is 13.9. The third kappa shape index (κ3) is 5.61. The molecule has 1 aliphatic heterocycles. The maximum atomic E-state index is 12.9. The van der Waals surface area contributed by atoms with Crippen LogP contribution in [0.2, 0.25) is 0 Å². The Morgan fingerprint density at radius 3 is 2.53 bits per heavy atom. The molecule has 1 amide bonds. The summed E-state index contributed by atoms with van der Waals surface area (Å²) < 4.78 is 28.1. The Bertz CT molecular complexity index is 1080. The van der Waals surface area contributed by atoms with Gasteiger partial charge in [-0.05, 0) is 79.8 Å². The quantitative estimate of drug-likeness (QED) is 0.599. The minimum atomic E-state index is -3.40. The van der Waals surface area contributed by atoms with Gasteiger partial charge >= 0.3 is 0 Å². The number of nitrogens with one attached hydrogen (secondary N) is 1. The third-order valence-corrected chi connectivity index (χ3v) is 9.03. The fraction of sp³-hybridized carbons (Fsp3) is 0.480. The van der Waals surface area contributed by atoms with Crippen molar-refractivity contribution < 1.29 is 13.2 Å². The molecule has 4 rings (SSSR count). The zero-order chi connectivity index (χ0) is 22.7. The molecule has 0 aromatic heterocycles. The molecular formula is C25H31BrN2O3S. The summed E-state index contributed by atoms with van der Waals surface area (Å²) in [4.78, 5) is 12.9. The first-order chi connectivity index (χ1) is 15.3. The van der Waals surface area contributed by atoms with Crippen molar-refractivity contribution in [2.45, 2.75) is 57.2 Å². The number of nitrogens with zero attached hydrogens (tertiary/aromatic N) is 1. The second-order valence-corrected chi connectivity index (χ2v) is 11.9. The molecule has 1 fully saturated rings. The smallest absolute Gasteiger partial charge is 0.223 e. The lowest BCUT2D eigenvalue weighted by Crippen LogP contribution is -2.43. The van der Waals surface area contributed by atoms with Crippen molar-refractivity contribution >= 4 is 31.9 Å². The normalized spacial score (nSPS) is 18.7. The fourth-order valence-electron chi connectivity index (χ4n) is 4.76. The maximum absolute atomic E-state index is 12.9. The van der Waals surface area contributed by atoms with E-state index in [1.54, 1.807) is 0 Å². The van der Waals surface area contributed by atoms with Gasteiger partial charge in [0.15, 0.2) is 0 Å². The largest absolute Gasteiger partial charge is 0.349 e. The van der Waals surface area contributed by atoms with Crippen molar-refractivity contribution in [3.8, 4) is 0 Å². The second-order valence-electron chi connectivity index (χ2n) is 9.02. The van der Waals surface area contributed by atoms with E-state index in [2.05, 4.69) is 39.4 Å². The average Bonchev–Trinajstić information content (AvgIpc) is 2.78. The summed E-state index contributed by atoms with van der Waals surface area (Å²) in [6.45, 7) is 2.81. The standard InChI is InChI=1S/C25H31BrN2O3S/c1-18(22-10-9-20-6-2-3-7-23(20)16-22)27-25(29)21-11-13-28(14-12-21)32(30,31)17-19-5-4-8-24(26)15-19/h4-5,8-10,15-16,18,21H,2-3,6-7,11-14,17H2,1H3,(H,27,29)/t18-/m1/s1. The molecule has 172 valence electrons. The van der Waals surface area contributed by atoms with E-state index in [0.717, 1.165) is 28.4 Å². The summed E-state index contributed by atoms with van der Waals surface area (Å²) in [5.74, 6) is -0.134. The van der Waals surface area contributed by atoms with Crippen LogP contribution < -0.4 is 5.32 Å². The summed E-state index contributed by atoms with van der Waals surface area (Å²) in [6.07, 6.45) is 5.88. The van der Waals surface area contributed by atoms with Crippen LogP contribution in [0.3, 0.4) is 0 Å². The summed E-state index contributed by atoms with van der Waals surface area (Å²) in [7, 11) is -3.40. The van der Waals surface area contributed by atoms with Gasteiger partial charge in [0.1, 0.15) is 0 Å². The maximum Gasteiger partial charge on any atom is 0.223 e. The van der Waals surface area contributed by atoms with Crippen LogP contribution in [0.5, 0.6) is 0 Å². The first-order valence-corrected chi connectivity index (χ1v) is 13.9. The van der Waals surface area contributed by atoms with Gasteiger partial charge in [-0.15, -0.1) is 0 Å². The predicted octanol–water partition coefficient (Wildman–Crippen LogP) is 4.75. The van der Waals surface area contributed by atoms with Crippen molar-refractivity contribution in [3.05, 3.63) is 69.2 Å². The predicted molar refractivity (Wildman–Crippen MR) is 131 cm³/mol. The number of amides is 1. The molecule has 7 heteroatoms. The fourth-order valence-corrected chi connectivity index (χ4v) is 6.76. The zero-order valence-electron chi connectivity index (χ0n) is 18.5. The van der Waals surface area contributed by atoms with E-state index in [9.17, 15) is 13.2 Å². The molecule has 2 aromatic rings. The molecule has 2 aliphatic rings. The SMILES string of the molecule is C[C@@H](NC(=O)C1CCN(S(=O)(=O)Cc2cccc(Br)c2)CC1)c1ccc2c(c1)CCCC2. The molecule has 1 atom stereocenters. The Balaban J connectivity index is 1.31. The highest BCUT2D eigenvalue weighted by Crippen LogP contribution is 2.26. The molecule has 32 heavy (non-hydrogen) atoms. The van der Waals surface area contributed by atoms with E-state index in [-0.39, 0.29) is 23.6 Å². The number of rotatable bonds is 6. The Kier molecular flexibility index (Phi) is 7.37. The van der Waals surface area contributed by atoms with Gasteiger partial charge in [0.05, 0.1) is 11.8 Å². The highest BCUT2D eigenvalue weighted by molar-refractivity contribution is 9.10. The van der Waals surface area contributed by atoms with E-state index in [1.165, 1.54) is 28.3 Å².